The number of fused-ring (bicyclic) bond motifs is 1. The molecule has 0 aliphatic heterocycles. The van der Waals surface area contributed by atoms with E-state index in [9.17, 15) is 14.4 Å². The fourth-order valence-corrected chi connectivity index (χ4v) is 2.49. The number of carbonyl (C=O) groups excluding carboxylic acids is 3. The molecule has 3 rings (SSSR count). The Morgan fingerprint density at radius 3 is 2.15 bits per heavy atom. The average molecular weight is 364 g/mol. The van der Waals surface area contributed by atoms with Crippen LogP contribution < -0.4 is 9.47 Å². The third-order valence-corrected chi connectivity index (χ3v) is 3.68. The van der Waals surface area contributed by atoms with Gasteiger partial charge in [0.25, 0.3) is 0 Å². The van der Waals surface area contributed by atoms with Gasteiger partial charge in [0.15, 0.2) is 18.1 Å². The first-order valence-electron chi connectivity index (χ1n) is 8.17. The van der Waals surface area contributed by atoms with Crippen LogP contribution in [0.15, 0.2) is 66.7 Å². The van der Waals surface area contributed by atoms with E-state index in [0.717, 1.165) is 10.8 Å². The van der Waals surface area contributed by atoms with E-state index in [-0.39, 0.29) is 11.5 Å². The number of benzene rings is 3. The van der Waals surface area contributed by atoms with Gasteiger partial charge in [0.1, 0.15) is 0 Å². The minimum atomic E-state index is -0.779. The molecule has 6 nitrogen and oxygen atoms in total. The number of rotatable bonds is 5. The van der Waals surface area contributed by atoms with Gasteiger partial charge in [-0.3, -0.25) is 4.79 Å². The van der Waals surface area contributed by atoms with Crippen molar-refractivity contribution < 1.29 is 28.6 Å². The molecule has 27 heavy (non-hydrogen) atoms. The van der Waals surface area contributed by atoms with E-state index in [1.807, 2.05) is 30.3 Å². The molecular formula is C21H16O6. The molecule has 0 unspecified atom stereocenters. The van der Waals surface area contributed by atoms with Crippen molar-refractivity contribution in [2.75, 3.05) is 6.61 Å². The Labute approximate surface area is 155 Å². The fraction of sp³-hybridized carbons (Fsp3) is 0.0952. The molecule has 3 aromatic rings. The maximum Gasteiger partial charge on any atom is 0.349 e. The fourth-order valence-electron chi connectivity index (χ4n) is 2.49. The summed E-state index contributed by atoms with van der Waals surface area (Å²) in [6.45, 7) is 0.661. The van der Waals surface area contributed by atoms with Gasteiger partial charge in [0.2, 0.25) is 0 Å². The van der Waals surface area contributed by atoms with Gasteiger partial charge < -0.3 is 14.2 Å². The van der Waals surface area contributed by atoms with E-state index >= 15 is 0 Å². The summed E-state index contributed by atoms with van der Waals surface area (Å²) in [4.78, 5) is 35.2. The molecular weight excluding hydrogens is 348 g/mol. The molecule has 0 fully saturated rings. The molecule has 0 aliphatic rings. The van der Waals surface area contributed by atoms with Crippen molar-refractivity contribution >= 4 is 28.7 Å². The van der Waals surface area contributed by atoms with Crippen LogP contribution in [0.3, 0.4) is 0 Å². The molecule has 0 bridgehead atoms. The summed E-state index contributed by atoms with van der Waals surface area (Å²) in [6.07, 6.45) is 0. The zero-order valence-corrected chi connectivity index (χ0v) is 14.5. The lowest BCUT2D eigenvalue weighted by atomic mass is 10.0. The molecule has 0 amide bonds. The molecule has 6 heteroatoms. The molecule has 0 aromatic heterocycles. The molecule has 0 saturated carbocycles. The zero-order chi connectivity index (χ0) is 19.2. The summed E-state index contributed by atoms with van der Waals surface area (Å²) in [5.74, 6) is -1.80. The van der Waals surface area contributed by atoms with Gasteiger partial charge in [-0.05, 0) is 29.0 Å². The summed E-state index contributed by atoms with van der Waals surface area (Å²) < 4.78 is 15.2. The number of hydrogen-bond donors (Lipinski definition) is 0. The van der Waals surface area contributed by atoms with Crippen LogP contribution in [0, 0.1) is 0 Å². The van der Waals surface area contributed by atoms with Crippen molar-refractivity contribution in [1.29, 1.82) is 0 Å². The van der Waals surface area contributed by atoms with Crippen molar-refractivity contribution in [1.82, 2.24) is 0 Å². The van der Waals surface area contributed by atoms with Crippen molar-refractivity contribution in [2.24, 2.45) is 0 Å². The molecule has 0 radical (unpaired) electrons. The number of carbonyl (C=O) groups is 3. The van der Waals surface area contributed by atoms with Crippen molar-refractivity contribution in [3.8, 4) is 11.5 Å². The lowest BCUT2D eigenvalue weighted by Gasteiger charge is -2.11. The number of para-hydroxylation sites is 2. The van der Waals surface area contributed by atoms with Gasteiger partial charge >= 0.3 is 17.9 Å². The molecule has 136 valence electrons. The summed E-state index contributed by atoms with van der Waals surface area (Å²) in [7, 11) is 0. The highest BCUT2D eigenvalue weighted by Crippen LogP contribution is 2.28. The Bertz CT molecular complexity index is 1000. The molecule has 0 N–H and O–H groups in total. The molecule has 3 aromatic carbocycles. The first-order valence-corrected chi connectivity index (χ1v) is 8.17. The van der Waals surface area contributed by atoms with E-state index in [0.29, 0.717) is 5.56 Å². The molecule has 0 atom stereocenters. The van der Waals surface area contributed by atoms with Gasteiger partial charge in [0, 0.05) is 6.92 Å². The Hall–Kier alpha value is -3.67. The second-order valence-corrected chi connectivity index (χ2v) is 5.62. The predicted octanol–water partition coefficient (Wildman–Crippen LogP) is 3.53. The highest BCUT2D eigenvalue weighted by Gasteiger charge is 2.17. The Morgan fingerprint density at radius 1 is 0.778 bits per heavy atom. The predicted molar refractivity (Wildman–Crippen MR) is 97.6 cm³/mol. The van der Waals surface area contributed by atoms with E-state index in [1.165, 1.54) is 19.1 Å². The van der Waals surface area contributed by atoms with Crippen molar-refractivity contribution in [2.45, 2.75) is 6.92 Å². The minimum Gasteiger partial charge on any atom is -0.454 e. The third kappa shape index (κ3) is 4.49. The van der Waals surface area contributed by atoms with E-state index in [2.05, 4.69) is 4.74 Å². The second-order valence-electron chi connectivity index (χ2n) is 5.62. The molecule has 0 spiro atoms. The Morgan fingerprint density at radius 2 is 1.41 bits per heavy atom. The largest absolute Gasteiger partial charge is 0.454 e. The maximum atomic E-state index is 12.6. The first kappa shape index (κ1) is 18.1. The van der Waals surface area contributed by atoms with Crippen LogP contribution in [-0.2, 0) is 14.3 Å². The van der Waals surface area contributed by atoms with Crippen LogP contribution in [-0.4, -0.2) is 24.5 Å². The quantitative estimate of drug-likeness (QED) is 0.509. The summed E-state index contributed by atoms with van der Waals surface area (Å²) in [6, 6.07) is 19.1. The smallest absolute Gasteiger partial charge is 0.349 e. The highest BCUT2D eigenvalue weighted by molar-refractivity contribution is 6.05. The van der Waals surface area contributed by atoms with Gasteiger partial charge in [0.05, 0.1) is 5.56 Å². The monoisotopic (exact) mass is 364 g/mol. The lowest BCUT2D eigenvalue weighted by molar-refractivity contribution is -0.152. The normalized spacial score (nSPS) is 10.3. The Balaban J connectivity index is 1.80. The van der Waals surface area contributed by atoms with Crippen LogP contribution >= 0.6 is 0 Å². The SMILES string of the molecule is CC(=O)OCC(=O)Oc1ccccc1OC(=O)c1cccc2ccccc12. The van der Waals surface area contributed by atoms with Gasteiger partial charge in [-0.15, -0.1) is 0 Å². The summed E-state index contributed by atoms with van der Waals surface area (Å²) in [5, 5.41) is 1.67. The van der Waals surface area contributed by atoms with Crippen LogP contribution in [0.4, 0.5) is 0 Å². The average Bonchev–Trinajstić information content (AvgIpc) is 2.67. The van der Waals surface area contributed by atoms with Crippen molar-refractivity contribution in [3.63, 3.8) is 0 Å². The summed E-state index contributed by atoms with van der Waals surface area (Å²) >= 11 is 0. The topological polar surface area (TPSA) is 78.9 Å². The number of hydrogen-bond acceptors (Lipinski definition) is 6. The molecule has 0 heterocycles. The molecule has 0 aliphatic carbocycles. The second kappa shape index (κ2) is 8.14. The van der Waals surface area contributed by atoms with Gasteiger partial charge in [-0.25, -0.2) is 9.59 Å². The van der Waals surface area contributed by atoms with Crippen LogP contribution in [0.5, 0.6) is 11.5 Å². The molecule has 0 saturated heterocycles. The standard InChI is InChI=1S/C21H16O6/c1-14(22)25-13-20(23)26-18-11-4-5-12-19(18)27-21(24)17-10-6-8-15-7-2-3-9-16(15)17/h2-12H,13H2,1H3. The lowest BCUT2D eigenvalue weighted by Crippen LogP contribution is -2.18. The van der Waals surface area contributed by atoms with E-state index in [4.69, 9.17) is 9.47 Å². The minimum absolute atomic E-state index is 0.0586. The maximum absolute atomic E-state index is 12.6. The number of esters is 3. The van der Waals surface area contributed by atoms with Gasteiger partial charge in [-0.2, -0.15) is 0 Å². The first-order chi connectivity index (χ1) is 13.0. The van der Waals surface area contributed by atoms with Crippen LogP contribution in [0.1, 0.15) is 17.3 Å². The van der Waals surface area contributed by atoms with Crippen LogP contribution in [0.25, 0.3) is 10.8 Å². The number of ether oxygens (including phenoxy) is 3. The van der Waals surface area contributed by atoms with Crippen LogP contribution in [0.2, 0.25) is 0 Å². The summed E-state index contributed by atoms with van der Waals surface area (Å²) in [5.41, 5.74) is 0.397. The van der Waals surface area contributed by atoms with E-state index < -0.39 is 24.5 Å². The zero-order valence-electron chi connectivity index (χ0n) is 14.5. The van der Waals surface area contributed by atoms with Gasteiger partial charge in [-0.1, -0.05) is 48.5 Å². The third-order valence-electron chi connectivity index (χ3n) is 3.68. The van der Waals surface area contributed by atoms with Crippen molar-refractivity contribution in [3.05, 3.63) is 72.3 Å². The highest BCUT2D eigenvalue weighted by atomic mass is 16.6. The van der Waals surface area contributed by atoms with E-state index in [1.54, 1.807) is 24.3 Å². The Kier molecular flexibility index (Phi) is 5.47.